The van der Waals surface area contributed by atoms with E-state index in [1.807, 2.05) is 60.7 Å². The Kier molecular flexibility index (Phi) is 8.69. The van der Waals surface area contributed by atoms with Crippen LogP contribution in [-0.4, -0.2) is 46.9 Å². The van der Waals surface area contributed by atoms with Crippen molar-refractivity contribution in [2.24, 2.45) is 0 Å². The minimum atomic E-state index is -0.0693. The SMILES string of the molecule is CCC(NC(=O)c1c(CN2CCN(Cc3ccccc3)CC2)c(-c2ccccc2)nc2ccccc12)c1ccccc1. The highest BCUT2D eigenvalue weighted by molar-refractivity contribution is 6.09. The molecule has 42 heavy (non-hydrogen) atoms. The number of aromatic nitrogens is 1. The number of benzene rings is 4. The molecule has 2 heterocycles. The lowest BCUT2D eigenvalue weighted by Gasteiger charge is -2.35. The molecule has 0 saturated carbocycles. The van der Waals surface area contributed by atoms with E-state index in [-0.39, 0.29) is 11.9 Å². The van der Waals surface area contributed by atoms with E-state index in [0.29, 0.717) is 6.54 Å². The number of carbonyl (C=O) groups is 1. The first-order valence-corrected chi connectivity index (χ1v) is 15.0. The quantitative estimate of drug-likeness (QED) is 0.211. The smallest absolute Gasteiger partial charge is 0.252 e. The van der Waals surface area contributed by atoms with Gasteiger partial charge in [-0.1, -0.05) is 116 Å². The molecular formula is C37H38N4O. The number of rotatable bonds is 9. The fourth-order valence-corrected chi connectivity index (χ4v) is 6.01. The van der Waals surface area contributed by atoms with Crippen LogP contribution in [-0.2, 0) is 13.1 Å². The van der Waals surface area contributed by atoms with Crippen LogP contribution >= 0.6 is 0 Å². The predicted octanol–water partition coefficient (Wildman–Crippen LogP) is 7.10. The largest absolute Gasteiger partial charge is 0.345 e. The number of pyridine rings is 1. The fraction of sp³-hybridized carbons (Fsp3) is 0.243. The zero-order valence-corrected chi connectivity index (χ0v) is 24.2. The molecular weight excluding hydrogens is 516 g/mol. The van der Waals surface area contributed by atoms with Crippen LogP contribution in [0.25, 0.3) is 22.2 Å². The Balaban J connectivity index is 1.35. The molecule has 5 nitrogen and oxygen atoms in total. The van der Waals surface area contributed by atoms with Gasteiger partial charge in [-0.2, -0.15) is 0 Å². The summed E-state index contributed by atoms with van der Waals surface area (Å²) in [6.45, 7) is 7.62. The summed E-state index contributed by atoms with van der Waals surface area (Å²) >= 11 is 0. The number of nitrogens with zero attached hydrogens (tertiary/aromatic N) is 3. The highest BCUT2D eigenvalue weighted by atomic mass is 16.1. The van der Waals surface area contributed by atoms with Crippen molar-refractivity contribution in [3.63, 3.8) is 0 Å². The lowest BCUT2D eigenvalue weighted by molar-refractivity contribution is 0.0932. The van der Waals surface area contributed by atoms with E-state index in [0.717, 1.165) is 78.0 Å². The highest BCUT2D eigenvalue weighted by Crippen LogP contribution is 2.32. The van der Waals surface area contributed by atoms with E-state index >= 15 is 0 Å². The van der Waals surface area contributed by atoms with Gasteiger partial charge in [-0.25, -0.2) is 4.98 Å². The van der Waals surface area contributed by atoms with Gasteiger partial charge in [-0.3, -0.25) is 14.6 Å². The van der Waals surface area contributed by atoms with Crippen molar-refractivity contribution in [2.45, 2.75) is 32.5 Å². The first kappa shape index (κ1) is 27.8. The van der Waals surface area contributed by atoms with Crippen molar-refractivity contribution in [3.05, 3.63) is 138 Å². The number of para-hydroxylation sites is 1. The van der Waals surface area contributed by atoms with E-state index in [1.165, 1.54) is 5.56 Å². The van der Waals surface area contributed by atoms with Crippen LogP contribution in [0.4, 0.5) is 0 Å². The number of hydrogen-bond acceptors (Lipinski definition) is 4. The molecule has 1 atom stereocenters. The average molecular weight is 555 g/mol. The number of carbonyl (C=O) groups excluding carboxylic acids is 1. The Morgan fingerprint density at radius 1 is 0.738 bits per heavy atom. The summed E-state index contributed by atoms with van der Waals surface area (Å²) in [6, 6.07) is 39.2. The third-order valence-corrected chi connectivity index (χ3v) is 8.28. The molecule has 1 saturated heterocycles. The van der Waals surface area contributed by atoms with E-state index in [2.05, 4.69) is 76.6 Å². The standard InChI is InChI=1S/C37H38N4O/c1-2-33(29-16-8-4-9-17-29)39-37(42)35-31-20-12-13-21-34(31)38-36(30-18-10-5-11-19-30)32(35)27-41-24-22-40(23-25-41)26-28-14-6-3-7-15-28/h3-21,33H,2,22-27H2,1H3,(H,39,42). The number of piperazine rings is 1. The van der Waals surface area contributed by atoms with Crippen molar-refractivity contribution in [2.75, 3.05) is 26.2 Å². The van der Waals surface area contributed by atoms with Crippen LogP contribution in [0, 0.1) is 0 Å². The number of nitrogens with one attached hydrogen (secondary N) is 1. The van der Waals surface area contributed by atoms with E-state index in [9.17, 15) is 4.79 Å². The average Bonchev–Trinajstić information content (AvgIpc) is 3.05. The van der Waals surface area contributed by atoms with Gasteiger partial charge >= 0.3 is 0 Å². The van der Waals surface area contributed by atoms with Gasteiger partial charge < -0.3 is 5.32 Å². The molecule has 0 bridgehead atoms. The molecule has 1 unspecified atom stereocenters. The van der Waals surface area contributed by atoms with Gasteiger partial charge in [0, 0.05) is 55.8 Å². The third-order valence-electron chi connectivity index (χ3n) is 8.28. The van der Waals surface area contributed by atoms with Crippen LogP contribution < -0.4 is 5.32 Å². The van der Waals surface area contributed by atoms with Gasteiger partial charge in [0.25, 0.3) is 5.91 Å². The Hall–Kier alpha value is -4.32. The Morgan fingerprint density at radius 3 is 1.98 bits per heavy atom. The molecule has 1 N–H and O–H groups in total. The molecule has 5 aromatic rings. The Bertz CT molecular complexity index is 1610. The summed E-state index contributed by atoms with van der Waals surface area (Å²) < 4.78 is 0. The van der Waals surface area contributed by atoms with Crippen LogP contribution in [0.15, 0.2) is 115 Å². The first-order valence-electron chi connectivity index (χ1n) is 15.0. The van der Waals surface area contributed by atoms with Crippen molar-refractivity contribution >= 4 is 16.8 Å². The molecule has 212 valence electrons. The summed E-state index contributed by atoms with van der Waals surface area (Å²) in [4.78, 5) is 24.5. The summed E-state index contributed by atoms with van der Waals surface area (Å²) in [5.74, 6) is -0.0424. The van der Waals surface area contributed by atoms with Crippen LogP contribution in [0.2, 0.25) is 0 Å². The number of hydrogen-bond donors (Lipinski definition) is 1. The molecule has 1 aromatic heterocycles. The maximum Gasteiger partial charge on any atom is 0.252 e. The molecule has 1 aliphatic rings. The molecule has 1 aliphatic heterocycles. The van der Waals surface area contributed by atoms with Crippen molar-refractivity contribution in [3.8, 4) is 11.3 Å². The summed E-state index contributed by atoms with van der Waals surface area (Å²) in [5.41, 5.74) is 6.96. The van der Waals surface area contributed by atoms with Gasteiger partial charge in [-0.15, -0.1) is 0 Å². The van der Waals surface area contributed by atoms with Crippen LogP contribution in [0.5, 0.6) is 0 Å². The monoisotopic (exact) mass is 554 g/mol. The third kappa shape index (κ3) is 6.28. The lowest BCUT2D eigenvalue weighted by Crippen LogP contribution is -2.45. The molecule has 0 spiro atoms. The second-order valence-electron chi connectivity index (χ2n) is 11.1. The second-order valence-corrected chi connectivity index (χ2v) is 11.1. The van der Waals surface area contributed by atoms with Gasteiger partial charge in [0.2, 0.25) is 0 Å². The molecule has 1 fully saturated rings. The zero-order valence-electron chi connectivity index (χ0n) is 24.2. The predicted molar refractivity (Wildman–Crippen MR) is 171 cm³/mol. The maximum atomic E-state index is 14.3. The zero-order chi connectivity index (χ0) is 28.7. The maximum absolute atomic E-state index is 14.3. The van der Waals surface area contributed by atoms with E-state index < -0.39 is 0 Å². The molecule has 0 radical (unpaired) electrons. The van der Waals surface area contributed by atoms with E-state index in [1.54, 1.807) is 0 Å². The van der Waals surface area contributed by atoms with Gasteiger partial charge in [0.1, 0.15) is 0 Å². The lowest BCUT2D eigenvalue weighted by atomic mass is 9.94. The van der Waals surface area contributed by atoms with Gasteiger partial charge in [0.15, 0.2) is 0 Å². The Labute approximate surface area is 248 Å². The van der Waals surface area contributed by atoms with Crippen LogP contribution in [0.3, 0.4) is 0 Å². The summed E-state index contributed by atoms with van der Waals surface area (Å²) in [6.07, 6.45) is 0.809. The topological polar surface area (TPSA) is 48.5 Å². The second kappa shape index (κ2) is 13.1. The minimum Gasteiger partial charge on any atom is -0.345 e. The normalized spacial score (nSPS) is 15.0. The Morgan fingerprint density at radius 2 is 1.31 bits per heavy atom. The van der Waals surface area contributed by atoms with E-state index in [4.69, 9.17) is 4.98 Å². The van der Waals surface area contributed by atoms with Crippen molar-refractivity contribution in [1.29, 1.82) is 0 Å². The molecule has 5 heteroatoms. The number of fused-ring (bicyclic) bond motifs is 1. The molecule has 0 aliphatic carbocycles. The summed E-state index contributed by atoms with van der Waals surface area (Å²) in [5, 5.41) is 4.29. The summed E-state index contributed by atoms with van der Waals surface area (Å²) in [7, 11) is 0. The molecule has 1 amide bonds. The molecule has 6 rings (SSSR count). The highest BCUT2D eigenvalue weighted by Gasteiger charge is 2.26. The fourth-order valence-electron chi connectivity index (χ4n) is 6.01. The van der Waals surface area contributed by atoms with Crippen LogP contribution in [0.1, 0.15) is 46.4 Å². The minimum absolute atomic E-state index is 0.0424. The van der Waals surface area contributed by atoms with Gasteiger partial charge in [0.05, 0.1) is 22.8 Å². The van der Waals surface area contributed by atoms with Gasteiger partial charge in [-0.05, 0) is 23.6 Å². The number of amides is 1. The van der Waals surface area contributed by atoms with Crippen molar-refractivity contribution < 1.29 is 4.79 Å². The first-order chi connectivity index (χ1) is 20.7. The van der Waals surface area contributed by atoms with Crippen molar-refractivity contribution in [1.82, 2.24) is 20.1 Å². The molecule has 4 aromatic carbocycles.